The van der Waals surface area contributed by atoms with Crippen LogP contribution >= 0.6 is 0 Å². The number of benzene rings is 1. The van der Waals surface area contributed by atoms with Gasteiger partial charge in [-0.25, -0.2) is 4.79 Å². The second-order valence-electron chi connectivity index (χ2n) is 4.14. The smallest absolute Gasteiger partial charge is 0.341 e. The van der Waals surface area contributed by atoms with Gasteiger partial charge in [0.2, 0.25) is 0 Å². The van der Waals surface area contributed by atoms with Crippen molar-refractivity contribution in [1.29, 1.82) is 0 Å². The lowest BCUT2D eigenvalue weighted by Gasteiger charge is -2.05. The first-order valence-corrected chi connectivity index (χ1v) is 6.06. The summed E-state index contributed by atoms with van der Waals surface area (Å²) < 4.78 is 10.4. The number of aryl methyl sites for hydroxylation is 1. The largest absolute Gasteiger partial charge is 0.494 e. The minimum Gasteiger partial charge on any atom is -0.494 e. The predicted octanol–water partition coefficient (Wildman–Crippen LogP) is 3.14. The molecule has 0 aliphatic rings. The Kier molecular flexibility index (Phi) is 3.85. The third kappa shape index (κ3) is 2.76. The SMILES string of the molecule is CCCOc1ccc(-c2noc(C)c2C(=O)O)cc1. The van der Waals surface area contributed by atoms with Gasteiger partial charge in [0, 0.05) is 5.56 Å². The molecular formula is C14H15NO4. The summed E-state index contributed by atoms with van der Waals surface area (Å²) in [5.41, 5.74) is 1.13. The van der Waals surface area contributed by atoms with Crippen LogP contribution in [0.25, 0.3) is 11.3 Å². The van der Waals surface area contributed by atoms with Gasteiger partial charge in [-0.3, -0.25) is 0 Å². The highest BCUT2D eigenvalue weighted by atomic mass is 16.5. The monoisotopic (exact) mass is 261 g/mol. The predicted molar refractivity (Wildman–Crippen MR) is 69.4 cm³/mol. The molecule has 5 nitrogen and oxygen atoms in total. The van der Waals surface area contributed by atoms with E-state index in [4.69, 9.17) is 14.4 Å². The Morgan fingerprint density at radius 2 is 2.05 bits per heavy atom. The van der Waals surface area contributed by atoms with E-state index in [1.165, 1.54) is 0 Å². The highest BCUT2D eigenvalue weighted by molar-refractivity contribution is 5.95. The second kappa shape index (κ2) is 5.56. The van der Waals surface area contributed by atoms with Crippen LogP contribution in [0.1, 0.15) is 29.5 Å². The van der Waals surface area contributed by atoms with Crippen LogP contribution in [0.2, 0.25) is 0 Å². The molecular weight excluding hydrogens is 246 g/mol. The zero-order valence-corrected chi connectivity index (χ0v) is 10.8. The zero-order chi connectivity index (χ0) is 13.8. The molecule has 1 aromatic carbocycles. The van der Waals surface area contributed by atoms with E-state index in [1.54, 1.807) is 31.2 Å². The molecule has 100 valence electrons. The lowest BCUT2D eigenvalue weighted by molar-refractivity contribution is 0.0696. The standard InChI is InChI=1S/C14H15NO4/c1-3-8-18-11-6-4-10(5-7-11)13-12(14(16)17)9(2)19-15-13/h4-7H,3,8H2,1-2H3,(H,16,17). The molecule has 19 heavy (non-hydrogen) atoms. The Morgan fingerprint density at radius 1 is 1.37 bits per heavy atom. The van der Waals surface area contributed by atoms with Crippen molar-refractivity contribution in [2.75, 3.05) is 6.61 Å². The first-order valence-electron chi connectivity index (χ1n) is 6.06. The van der Waals surface area contributed by atoms with Gasteiger partial charge in [0.15, 0.2) is 0 Å². The summed E-state index contributed by atoms with van der Waals surface area (Å²) >= 11 is 0. The molecule has 2 rings (SSSR count). The van der Waals surface area contributed by atoms with Crippen molar-refractivity contribution in [3.05, 3.63) is 35.6 Å². The van der Waals surface area contributed by atoms with Crippen molar-refractivity contribution in [2.45, 2.75) is 20.3 Å². The summed E-state index contributed by atoms with van der Waals surface area (Å²) in [6.07, 6.45) is 0.938. The van der Waals surface area contributed by atoms with E-state index in [2.05, 4.69) is 5.16 Å². The molecule has 0 atom stereocenters. The summed E-state index contributed by atoms with van der Waals surface area (Å²) in [4.78, 5) is 11.2. The van der Waals surface area contributed by atoms with Gasteiger partial charge in [0.25, 0.3) is 0 Å². The van der Waals surface area contributed by atoms with Crippen LogP contribution in [0.15, 0.2) is 28.8 Å². The molecule has 1 N–H and O–H groups in total. The highest BCUT2D eigenvalue weighted by Gasteiger charge is 2.20. The van der Waals surface area contributed by atoms with Crippen LogP contribution in [0, 0.1) is 6.92 Å². The molecule has 1 heterocycles. The van der Waals surface area contributed by atoms with E-state index >= 15 is 0 Å². The molecule has 0 spiro atoms. The number of rotatable bonds is 5. The van der Waals surface area contributed by atoms with Crippen LogP contribution < -0.4 is 4.74 Å². The molecule has 0 amide bonds. The van der Waals surface area contributed by atoms with Gasteiger partial charge in [0.05, 0.1) is 6.61 Å². The molecule has 0 saturated carbocycles. The van der Waals surface area contributed by atoms with Gasteiger partial charge in [0.1, 0.15) is 22.8 Å². The molecule has 0 aliphatic carbocycles. The van der Waals surface area contributed by atoms with Gasteiger partial charge >= 0.3 is 5.97 Å². The van der Waals surface area contributed by atoms with Crippen LogP contribution in [0.3, 0.4) is 0 Å². The number of aromatic nitrogens is 1. The molecule has 0 radical (unpaired) electrons. The fraction of sp³-hybridized carbons (Fsp3) is 0.286. The van der Waals surface area contributed by atoms with Crippen molar-refractivity contribution in [3.8, 4) is 17.0 Å². The van der Waals surface area contributed by atoms with Gasteiger partial charge in [-0.1, -0.05) is 12.1 Å². The molecule has 5 heteroatoms. The Labute approximate surface area is 110 Å². The van der Waals surface area contributed by atoms with Gasteiger partial charge in [-0.05, 0) is 37.6 Å². The van der Waals surface area contributed by atoms with E-state index in [-0.39, 0.29) is 5.56 Å². The molecule has 0 fully saturated rings. The lowest BCUT2D eigenvalue weighted by atomic mass is 10.1. The fourth-order valence-electron chi connectivity index (χ4n) is 1.75. The minimum atomic E-state index is -1.04. The van der Waals surface area contributed by atoms with E-state index in [0.717, 1.165) is 12.2 Å². The van der Waals surface area contributed by atoms with Gasteiger partial charge in [-0.2, -0.15) is 0 Å². The molecule has 1 aromatic heterocycles. The van der Waals surface area contributed by atoms with Crippen molar-refractivity contribution in [1.82, 2.24) is 5.16 Å². The number of hydrogen-bond donors (Lipinski definition) is 1. The Bertz CT molecular complexity index is 572. The number of nitrogens with zero attached hydrogens (tertiary/aromatic N) is 1. The van der Waals surface area contributed by atoms with Crippen LogP contribution in [0.5, 0.6) is 5.75 Å². The van der Waals surface area contributed by atoms with E-state index < -0.39 is 5.97 Å². The third-order valence-electron chi connectivity index (χ3n) is 2.68. The summed E-state index contributed by atoms with van der Waals surface area (Å²) in [6, 6.07) is 7.13. The summed E-state index contributed by atoms with van der Waals surface area (Å²) in [5.74, 6) is 0.0107. The second-order valence-corrected chi connectivity index (χ2v) is 4.14. The van der Waals surface area contributed by atoms with E-state index in [1.807, 2.05) is 6.92 Å². The molecule has 0 aliphatic heterocycles. The average molecular weight is 261 g/mol. The number of carboxylic acid groups (broad SMARTS) is 1. The number of carbonyl (C=O) groups is 1. The van der Waals surface area contributed by atoms with Crippen molar-refractivity contribution >= 4 is 5.97 Å². The quantitative estimate of drug-likeness (QED) is 0.895. The van der Waals surface area contributed by atoms with E-state index in [0.29, 0.717) is 23.6 Å². The molecule has 2 aromatic rings. The minimum absolute atomic E-state index is 0.0993. The van der Waals surface area contributed by atoms with Crippen LogP contribution in [0.4, 0.5) is 0 Å². The maximum absolute atomic E-state index is 11.2. The molecule has 0 saturated heterocycles. The molecule has 0 bridgehead atoms. The maximum Gasteiger partial charge on any atom is 0.341 e. The van der Waals surface area contributed by atoms with Crippen LogP contribution in [-0.2, 0) is 0 Å². The van der Waals surface area contributed by atoms with Gasteiger partial charge in [-0.15, -0.1) is 0 Å². The summed E-state index contributed by atoms with van der Waals surface area (Å²) in [5, 5.41) is 12.9. The fourth-order valence-corrected chi connectivity index (χ4v) is 1.75. The Hall–Kier alpha value is -2.30. The highest BCUT2D eigenvalue weighted by Crippen LogP contribution is 2.26. The van der Waals surface area contributed by atoms with Crippen molar-refractivity contribution in [2.24, 2.45) is 0 Å². The molecule has 0 unspecified atom stereocenters. The maximum atomic E-state index is 11.2. The summed E-state index contributed by atoms with van der Waals surface area (Å²) in [6.45, 7) is 4.27. The van der Waals surface area contributed by atoms with Crippen LogP contribution in [-0.4, -0.2) is 22.8 Å². The number of carboxylic acids is 1. The third-order valence-corrected chi connectivity index (χ3v) is 2.68. The van der Waals surface area contributed by atoms with Gasteiger partial charge < -0.3 is 14.4 Å². The first kappa shape index (κ1) is 13.1. The Balaban J connectivity index is 2.30. The topological polar surface area (TPSA) is 72.6 Å². The number of aromatic carboxylic acids is 1. The van der Waals surface area contributed by atoms with Crippen molar-refractivity contribution < 1.29 is 19.2 Å². The van der Waals surface area contributed by atoms with E-state index in [9.17, 15) is 4.79 Å². The zero-order valence-electron chi connectivity index (χ0n) is 10.8. The van der Waals surface area contributed by atoms with Crippen molar-refractivity contribution in [3.63, 3.8) is 0 Å². The lowest BCUT2D eigenvalue weighted by Crippen LogP contribution is -1.99. The number of hydrogen-bond acceptors (Lipinski definition) is 4. The average Bonchev–Trinajstić information content (AvgIpc) is 2.79. The Morgan fingerprint density at radius 3 is 2.63 bits per heavy atom. The normalized spacial score (nSPS) is 10.4. The number of ether oxygens (including phenoxy) is 1. The summed E-state index contributed by atoms with van der Waals surface area (Å²) in [7, 11) is 0. The first-order chi connectivity index (χ1) is 9.13.